The number of carbonyl (C=O) groups excluding carboxylic acids is 1. The van der Waals surface area contributed by atoms with Gasteiger partial charge in [0.15, 0.2) is 5.16 Å². The average molecular weight is 382 g/mol. The Labute approximate surface area is 156 Å². The lowest BCUT2D eigenvalue weighted by Gasteiger charge is -2.32. The summed E-state index contributed by atoms with van der Waals surface area (Å²) in [5, 5.41) is 3.23. The van der Waals surface area contributed by atoms with Gasteiger partial charge in [0.25, 0.3) is 5.76 Å². The molecule has 0 saturated carbocycles. The number of benzene rings is 1. The summed E-state index contributed by atoms with van der Waals surface area (Å²) in [7, 11) is 0. The Morgan fingerprint density at radius 2 is 2.08 bits per heavy atom. The highest BCUT2D eigenvalue weighted by molar-refractivity contribution is 7.99. The highest BCUT2D eigenvalue weighted by Crippen LogP contribution is 2.28. The molecule has 0 aliphatic carbocycles. The standard InChI is InChI=1S/C18H24F2N4OS/c1-2-9-23-10-7-13(8-11-23)21-16(25)12-24-15-6-4-3-5-14(15)22-18(24)26-17(19)20/h3-6,13,17H,2,7-12H2,1H3,(H,21,25). The van der Waals surface area contributed by atoms with Gasteiger partial charge in [0.1, 0.15) is 6.54 Å². The van der Waals surface area contributed by atoms with Gasteiger partial charge in [-0.05, 0) is 49.7 Å². The number of fused-ring (bicyclic) bond motifs is 1. The molecule has 1 aromatic heterocycles. The number of halogens is 2. The molecule has 0 unspecified atom stereocenters. The van der Waals surface area contributed by atoms with Gasteiger partial charge >= 0.3 is 0 Å². The molecular weight excluding hydrogens is 358 g/mol. The summed E-state index contributed by atoms with van der Waals surface area (Å²) < 4.78 is 27.3. The molecule has 26 heavy (non-hydrogen) atoms. The number of alkyl halides is 2. The third kappa shape index (κ3) is 4.73. The van der Waals surface area contributed by atoms with E-state index < -0.39 is 5.76 Å². The Hall–Kier alpha value is -1.67. The van der Waals surface area contributed by atoms with Crippen LogP contribution >= 0.6 is 11.8 Å². The van der Waals surface area contributed by atoms with E-state index in [2.05, 4.69) is 22.1 Å². The highest BCUT2D eigenvalue weighted by Gasteiger charge is 2.22. The largest absolute Gasteiger partial charge is 0.352 e. The number of rotatable bonds is 7. The molecule has 1 aromatic carbocycles. The molecule has 8 heteroatoms. The van der Waals surface area contributed by atoms with E-state index >= 15 is 0 Å². The third-order valence-electron chi connectivity index (χ3n) is 4.61. The van der Waals surface area contributed by atoms with E-state index in [0.717, 1.165) is 38.9 Å². The van der Waals surface area contributed by atoms with Crippen molar-refractivity contribution < 1.29 is 13.6 Å². The van der Waals surface area contributed by atoms with E-state index in [1.54, 1.807) is 22.8 Å². The van der Waals surface area contributed by atoms with E-state index in [9.17, 15) is 13.6 Å². The maximum absolute atomic E-state index is 12.8. The smallest absolute Gasteiger partial charge is 0.291 e. The second-order valence-electron chi connectivity index (χ2n) is 6.53. The zero-order valence-electron chi connectivity index (χ0n) is 14.8. The summed E-state index contributed by atoms with van der Waals surface area (Å²) in [5.41, 5.74) is 1.32. The molecule has 0 atom stereocenters. The van der Waals surface area contributed by atoms with Gasteiger partial charge in [-0.2, -0.15) is 8.78 Å². The van der Waals surface area contributed by atoms with Crippen LogP contribution in [0.4, 0.5) is 8.78 Å². The van der Waals surface area contributed by atoms with Gasteiger partial charge in [-0.25, -0.2) is 4.98 Å². The molecule has 1 aliphatic heterocycles. The van der Waals surface area contributed by atoms with E-state index in [4.69, 9.17) is 0 Å². The Bertz CT molecular complexity index is 744. The second kappa shape index (κ2) is 8.81. The number of thioether (sulfide) groups is 1. The van der Waals surface area contributed by atoms with Crippen molar-refractivity contribution in [1.82, 2.24) is 19.8 Å². The van der Waals surface area contributed by atoms with Gasteiger partial charge in [-0.1, -0.05) is 19.1 Å². The Morgan fingerprint density at radius 3 is 2.77 bits per heavy atom. The molecular formula is C18H24F2N4OS. The van der Waals surface area contributed by atoms with Crippen LogP contribution < -0.4 is 5.32 Å². The summed E-state index contributed by atoms with van der Waals surface area (Å²) in [6.07, 6.45) is 2.99. The highest BCUT2D eigenvalue weighted by atomic mass is 32.2. The SMILES string of the molecule is CCCN1CCC(NC(=O)Cn2c(SC(F)F)nc3ccccc32)CC1. The van der Waals surface area contributed by atoms with Crippen LogP contribution in [0.25, 0.3) is 11.0 Å². The summed E-state index contributed by atoms with van der Waals surface area (Å²) in [6.45, 7) is 5.23. The monoisotopic (exact) mass is 382 g/mol. The minimum atomic E-state index is -2.57. The molecule has 1 fully saturated rings. The number of nitrogens with one attached hydrogen (secondary N) is 1. The van der Waals surface area contributed by atoms with Gasteiger partial charge < -0.3 is 14.8 Å². The van der Waals surface area contributed by atoms with Crippen molar-refractivity contribution in [3.63, 3.8) is 0 Å². The number of piperidine rings is 1. The molecule has 0 bridgehead atoms. The predicted octanol–water partition coefficient (Wildman–Crippen LogP) is 3.34. The maximum atomic E-state index is 12.8. The van der Waals surface area contributed by atoms with Crippen LogP contribution in [0.5, 0.6) is 0 Å². The number of amides is 1. The Kier molecular flexibility index (Phi) is 6.48. The van der Waals surface area contributed by atoms with Crippen LogP contribution in [-0.4, -0.2) is 51.8 Å². The number of hydrogen-bond acceptors (Lipinski definition) is 4. The van der Waals surface area contributed by atoms with Gasteiger partial charge in [0.05, 0.1) is 11.0 Å². The fourth-order valence-corrected chi connectivity index (χ4v) is 4.01. The molecule has 2 heterocycles. The topological polar surface area (TPSA) is 50.2 Å². The Morgan fingerprint density at radius 1 is 1.35 bits per heavy atom. The van der Waals surface area contributed by atoms with E-state index in [0.29, 0.717) is 22.8 Å². The van der Waals surface area contributed by atoms with Gasteiger partial charge in [0, 0.05) is 19.1 Å². The van der Waals surface area contributed by atoms with Crippen molar-refractivity contribution in [2.75, 3.05) is 19.6 Å². The zero-order chi connectivity index (χ0) is 18.5. The van der Waals surface area contributed by atoms with Crippen molar-refractivity contribution >= 4 is 28.7 Å². The summed E-state index contributed by atoms with van der Waals surface area (Å²) in [6, 6.07) is 7.34. The third-order valence-corrected chi connectivity index (χ3v) is 5.31. The fraction of sp³-hybridized carbons (Fsp3) is 0.556. The van der Waals surface area contributed by atoms with Crippen molar-refractivity contribution in [1.29, 1.82) is 0 Å². The van der Waals surface area contributed by atoms with Crippen LogP contribution in [0.1, 0.15) is 26.2 Å². The fourth-order valence-electron chi connectivity index (χ4n) is 3.41. The van der Waals surface area contributed by atoms with Gasteiger partial charge in [0.2, 0.25) is 5.91 Å². The summed E-state index contributed by atoms with van der Waals surface area (Å²) >= 11 is 0.376. The number of hydrogen-bond donors (Lipinski definition) is 1. The predicted molar refractivity (Wildman–Crippen MR) is 99.5 cm³/mol. The first kappa shape index (κ1) is 19.1. The van der Waals surface area contributed by atoms with Crippen LogP contribution in [0.3, 0.4) is 0 Å². The normalized spacial score (nSPS) is 16.5. The lowest BCUT2D eigenvalue weighted by molar-refractivity contribution is -0.122. The quantitative estimate of drug-likeness (QED) is 0.746. The van der Waals surface area contributed by atoms with Crippen molar-refractivity contribution in [3.8, 4) is 0 Å². The minimum Gasteiger partial charge on any atom is -0.352 e. The van der Waals surface area contributed by atoms with Crippen LogP contribution in [-0.2, 0) is 11.3 Å². The zero-order valence-corrected chi connectivity index (χ0v) is 15.6. The minimum absolute atomic E-state index is 0.00470. The van der Waals surface area contributed by atoms with Crippen LogP contribution in [0.15, 0.2) is 29.4 Å². The molecule has 0 radical (unpaired) electrons. The van der Waals surface area contributed by atoms with Crippen LogP contribution in [0.2, 0.25) is 0 Å². The number of carbonyl (C=O) groups is 1. The van der Waals surface area contributed by atoms with E-state index in [-0.39, 0.29) is 23.7 Å². The molecule has 142 valence electrons. The summed E-state index contributed by atoms with van der Waals surface area (Å²) in [5.74, 6) is -2.73. The first-order valence-corrected chi connectivity index (χ1v) is 9.86. The summed E-state index contributed by atoms with van der Waals surface area (Å²) in [4.78, 5) is 19.1. The molecule has 0 spiro atoms. The van der Waals surface area contributed by atoms with Crippen LogP contribution in [0, 0.1) is 0 Å². The first-order valence-electron chi connectivity index (χ1n) is 8.98. The molecule has 1 N–H and O–H groups in total. The lowest BCUT2D eigenvalue weighted by atomic mass is 10.0. The molecule has 3 rings (SSSR count). The number of likely N-dealkylation sites (tertiary alicyclic amines) is 1. The van der Waals surface area contributed by atoms with E-state index in [1.807, 2.05) is 6.07 Å². The number of aromatic nitrogens is 2. The van der Waals surface area contributed by atoms with Crippen molar-refractivity contribution in [3.05, 3.63) is 24.3 Å². The first-order chi connectivity index (χ1) is 12.6. The Balaban J connectivity index is 1.65. The molecule has 1 aliphatic rings. The molecule has 5 nitrogen and oxygen atoms in total. The van der Waals surface area contributed by atoms with Crippen molar-refractivity contribution in [2.24, 2.45) is 0 Å². The number of nitrogens with zero attached hydrogens (tertiary/aromatic N) is 3. The number of para-hydroxylation sites is 2. The molecule has 1 saturated heterocycles. The number of imidazole rings is 1. The maximum Gasteiger partial charge on any atom is 0.291 e. The lowest BCUT2D eigenvalue weighted by Crippen LogP contribution is -2.45. The van der Waals surface area contributed by atoms with E-state index in [1.165, 1.54) is 0 Å². The average Bonchev–Trinajstić information content (AvgIpc) is 2.93. The van der Waals surface area contributed by atoms with Crippen molar-refractivity contribution in [2.45, 2.75) is 49.7 Å². The van der Waals surface area contributed by atoms with Gasteiger partial charge in [-0.15, -0.1) is 0 Å². The molecule has 1 amide bonds. The second-order valence-corrected chi connectivity index (χ2v) is 7.49. The van der Waals surface area contributed by atoms with Gasteiger partial charge in [-0.3, -0.25) is 4.79 Å². The molecule has 2 aromatic rings.